The van der Waals surface area contributed by atoms with Crippen LogP contribution in [0, 0.1) is 0 Å². The lowest BCUT2D eigenvalue weighted by molar-refractivity contribution is -0.114. The van der Waals surface area contributed by atoms with Crippen molar-refractivity contribution in [1.29, 1.82) is 0 Å². The fourth-order valence-corrected chi connectivity index (χ4v) is 2.31. The summed E-state index contributed by atoms with van der Waals surface area (Å²) in [5, 5.41) is 14.5. The summed E-state index contributed by atoms with van der Waals surface area (Å²) in [7, 11) is 0. The van der Waals surface area contributed by atoms with Crippen LogP contribution in [0.3, 0.4) is 0 Å². The van der Waals surface area contributed by atoms with Crippen LogP contribution in [0.25, 0.3) is 0 Å². The number of nitrogens with one attached hydrogen (secondary N) is 1. The molecular formula is C12H12N6O. The Morgan fingerprint density at radius 2 is 2.32 bits per heavy atom. The van der Waals surface area contributed by atoms with Gasteiger partial charge in [-0.2, -0.15) is 4.68 Å². The zero-order valence-electron chi connectivity index (χ0n) is 10.5. The molecular weight excluding hydrogens is 244 g/mol. The van der Waals surface area contributed by atoms with Gasteiger partial charge in [0.25, 0.3) is 0 Å². The molecule has 7 heteroatoms. The summed E-state index contributed by atoms with van der Waals surface area (Å²) >= 11 is 0. The largest absolute Gasteiger partial charge is 0.327 e. The molecule has 0 spiro atoms. The number of anilines is 1. The quantitative estimate of drug-likeness (QED) is 0.860. The number of carbonyl (C=O) groups excluding carboxylic acids is 1. The molecule has 0 amide bonds. The van der Waals surface area contributed by atoms with Crippen LogP contribution in [-0.2, 0) is 4.79 Å². The Morgan fingerprint density at radius 3 is 3.00 bits per heavy atom. The summed E-state index contributed by atoms with van der Waals surface area (Å²) < 4.78 is 1.60. The van der Waals surface area contributed by atoms with E-state index in [1.54, 1.807) is 24.0 Å². The number of aromatic nitrogens is 5. The van der Waals surface area contributed by atoms with Crippen molar-refractivity contribution >= 4 is 11.7 Å². The van der Waals surface area contributed by atoms with E-state index in [-0.39, 0.29) is 11.8 Å². The molecule has 19 heavy (non-hydrogen) atoms. The van der Waals surface area contributed by atoms with E-state index in [2.05, 4.69) is 25.8 Å². The number of nitrogens with zero attached hydrogens (tertiary/aromatic N) is 5. The minimum absolute atomic E-state index is 0.0139. The van der Waals surface area contributed by atoms with Gasteiger partial charge in [-0.15, -0.1) is 0 Å². The summed E-state index contributed by atoms with van der Waals surface area (Å²) in [5.74, 6) is 0.511. The summed E-state index contributed by atoms with van der Waals surface area (Å²) in [6, 6.07) is 3.40. The Kier molecular flexibility index (Phi) is 2.59. The van der Waals surface area contributed by atoms with Crippen molar-refractivity contribution in [3.63, 3.8) is 0 Å². The first-order chi connectivity index (χ1) is 9.18. The predicted octanol–water partition coefficient (Wildman–Crippen LogP) is 0.946. The van der Waals surface area contributed by atoms with Gasteiger partial charge in [0.15, 0.2) is 5.78 Å². The second kappa shape index (κ2) is 4.27. The van der Waals surface area contributed by atoms with E-state index in [9.17, 15) is 4.79 Å². The molecule has 2 aromatic rings. The van der Waals surface area contributed by atoms with Gasteiger partial charge in [0.2, 0.25) is 5.95 Å². The fourth-order valence-electron chi connectivity index (χ4n) is 2.31. The van der Waals surface area contributed by atoms with Gasteiger partial charge < -0.3 is 5.32 Å². The molecule has 0 saturated carbocycles. The highest BCUT2D eigenvalue weighted by molar-refractivity contribution is 5.96. The second-order valence-corrected chi connectivity index (χ2v) is 4.36. The summed E-state index contributed by atoms with van der Waals surface area (Å²) in [5.41, 5.74) is 2.29. The topological polar surface area (TPSA) is 85.6 Å². The number of hydrogen-bond acceptors (Lipinski definition) is 6. The monoisotopic (exact) mass is 256 g/mol. The lowest BCUT2D eigenvalue weighted by Crippen LogP contribution is -2.27. The Labute approximate surface area is 109 Å². The lowest BCUT2D eigenvalue weighted by atomic mass is 9.94. The first kappa shape index (κ1) is 11.5. The lowest BCUT2D eigenvalue weighted by Gasteiger charge is -2.26. The van der Waals surface area contributed by atoms with Crippen LogP contribution in [0.2, 0.25) is 0 Å². The maximum Gasteiger partial charge on any atom is 0.248 e. The molecule has 1 N–H and O–H groups in total. The Balaban J connectivity index is 2.21. The van der Waals surface area contributed by atoms with Crippen LogP contribution in [0.1, 0.15) is 25.5 Å². The fraction of sp³-hybridized carbons (Fsp3) is 0.250. The number of hydrogen-bond donors (Lipinski definition) is 1. The number of Topliss-reactive ketones (excluding diaryl/α,β-unsaturated/α-hetero) is 1. The first-order valence-electron chi connectivity index (χ1n) is 5.85. The van der Waals surface area contributed by atoms with E-state index in [1.807, 2.05) is 19.1 Å². The average Bonchev–Trinajstić information content (AvgIpc) is 2.85. The van der Waals surface area contributed by atoms with E-state index in [1.165, 1.54) is 0 Å². The third-order valence-electron chi connectivity index (χ3n) is 3.09. The molecule has 0 aromatic carbocycles. The number of carbonyl (C=O) groups is 1. The number of fused-ring (bicyclic) bond motifs is 1. The molecule has 0 radical (unpaired) electrons. The van der Waals surface area contributed by atoms with Crippen molar-refractivity contribution in [1.82, 2.24) is 25.2 Å². The predicted molar refractivity (Wildman–Crippen MR) is 67.2 cm³/mol. The van der Waals surface area contributed by atoms with Crippen molar-refractivity contribution < 1.29 is 4.79 Å². The molecule has 1 aliphatic heterocycles. The van der Waals surface area contributed by atoms with Crippen molar-refractivity contribution in [3.05, 3.63) is 41.4 Å². The van der Waals surface area contributed by atoms with Crippen LogP contribution in [0.5, 0.6) is 0 Å². The van der Waals surface area contributed by atoms with Gasteiger partial charge in [-0.3, -0.25) is 9.78 Å². The van der Waals surface area contributed by atoms with Crippen LogP contribution < -0.4 is 5.32 Å². The number of allylic oxidation sites excluding steroid dienone is 2. The highest BCUT2D eigenvalue weighted by Crippen LogP contribution is 2.33. The molecule has 0 fully saturated rings. The van der Waals surface area contributed by atoms with Crippen LogP contribution >= 0.6 is 0 Å². The number of tetrazole rings is 1. The van der Waals surface area contributed by atoms with E-state index < -0.39 is 0 Å². The Bertz CT molecular complexity index is 660. The molecule has 0 saturated heterocycles. The average molecular weight is 256 g/mol. The molecule has 96 valence electrons. The Morgan fingerprint density at radius 1 is 1.47 bits per heavy atom. The maximum atomic E-state index is 11.9. The van der Waals surface area contributed by atoms with Gasteiger partial charge >= 0.3 is 0 Å². The molecule has 0 bridgehead atoms. The SMILES string of the molecule is CC(=O)C1=C(C)Nc2nnnn2[C@H]1c1cccnc1. The van der Waals surface area contributed by atoms with Crippen molar-refractivity contribution in [2.45, 2.75) is 19.9 Å². The highest BCUT2D eigenvalue weighted by atomic mass is 16.1. The molecule has 7 nitrogen and oxygen atoms in total. The highest BCUT2D eigenvalue weighted by Gasteiger charge is 2.32. The van der Waals surface area contributed by atoms with Crippen LogP contribution in [-0.4, -0.2) is 31.0 Å². The van der Waals surface area contributed by atoms with Crippen molar-refractivity contribution in [2.75, 3.05) is 5.32 Å². The first-order valence-corrected chi connectivity index (χ1v) is 5.85. The standard InChI is InChI=1S/C12H12N6O/c1-7-10(8(2)19)11(9-4-3-5-13-6-9)18-12(14-7)15-16-17-18/h3-6,11H,1-2H3,(H,14,15,17)/t11-/m0/s1. The summed E-state index contributed by atoms with van der Waals surface area (Å²) in [6.07, 6.45) is 3.41. The molecule has 0 unspecified atom stereocenters. The van der Waals surface area contributed by atoms with Crippen molar-refractivity contribution in [3.8, 4) is 0 Å². The second-order valence-electron chi connectivity index (χ2n) is 4.36. The smallest absolute Gasteiger partial charge is 0.248 e. The van der Waals surface area contributed by atoms with Gasteiger partial charge in [-0.1, -0.05) is 11.2 Å². The van der Waals surface area contributed by atoms with E-state index in [4.69, 9.17) is 0 Å². The minimum atomic E-state index is -0.336. The van der Waals surface area contributed by atoms with Gasteiger partial charge in [-0.05, 0) is 35.9 Å². The van der Waals surface area contributed by atoms with Gasteiger partial charge in [0.05, 0.1) is 0 Å². The number of rotatable bonds is 2. The number of pyridine rings is 1. The summed E-state index contributed by atoms with van der Waals surface area (Å²) in [6.45, 7) is 3.39. The van der Waals surface area contributed by atoms with Gasteiger partial charge in [0, 0.05) is 23.7 Å². The molecule has 3 heterocycles. The normalized spacial score (nSPS) is 17.9. The molecule has 1 aliphatic rings. The van der Waals surface area contributed by atoms with Crippen molar-refractivity contribution in [2.24, 2.45) is 0 Å². The minimum Gasteiger partial charge on any atom is -0.327 e. The molecule has 2 aromatic heterocycles. The van der Waals surface area contributed by atoms with E-state index in [0.29, 0.717) is 11.5 Å². The third-order valence-corrected chi connectivity index (χ3v) is 3.09. The molecule has 0 aliphatic carbocycles. The van der Waals surface area contributed by atoms with Crippen LogP contribution in [0.15, 0.2) is 35.8 Å². The van der Waals surface area contributed by atoms with Crippen LogP contribution in [0.4, 0.5) is 5.95 Å². The molecule has 1 atom stereocenters. The van der Waals surface area contributed by atoms with E-state index in [0.717, 1.165) is 11.3 Å². The summed E-state index contributed by atoms with van der Waals surface area (Å²) in [4.78, 5) is 16.0. The molecule has 3 rings (SSSR count). The van der Waals surface area contributed by atoms with E-state index >= 15 is 0 Å². The zero-order valence-corrected chi connectivity index (χ0v) is 10.5. The van der Waals surface area contributed by atoms with Gasteiger partial charge in [-0.25, -0.2) is 0 Å². The maximum absolute atomic E-state index is 11.9. The zero-order chi connectivity index (χ0) is 13.4. The Hall–Kier alpha value is -2.57. The van der Waals surface area contributed by atoms with Gasteiger partial charge in [0.1, 0.15) is 6.04 Å². The third kappa shape index (κ3) is 1.79. The number of ketones is 1.